The molecule has 0 saturated carbocycles. The number of hydrogen-bond donors (Lipinski definition) is 0. The second-order valence-electron chi connectivity index (χ2n) is 5.60. The van der Waals surface area contributed by atoms with Crippen molar-refractivity contribution in [3.8, 4) is 11.5 Å². The summed E-state index contributed by atoms with van der Waals surface area (Å²) in [5.74, 6) is 1.42. The van der Waals surface area contributed by atoms with Crippen LogP contribution in [0, 0.1) is 0 Å². The Morgan fingerprint density at radius 1 is 1.26 bits per heavy atom. The second kappa shape index (κ2) is 8.82. The zero-order chi connectivity index (χ0) is 19.4. The monoisotopic (exact) mass is 422 g/mol. The minimum atomic E-state index is -0.374. The third kappa shape index (κ3) is 4.15. The molecule has 0 aliphatic heterocycles. The number of amides is 1. The highest BCUT2D eigenvalue weighted by Gasteiger charge is 2.17. The Hall–Kier alpha value is -1.96. The first-order valence-electron chi connectivity index (χ1n) is 8.17. The molecule has 3 aromatic rings. The molecule has 0 fully saturated rings. The maximum atomic E-state index is 12.9. The number of halogens is 1. The molecular formula is C19H19ClN2O3S2. The van der Waals surface area contributed by atoms with Crippen LogP contribution in [-0.4, -0.2) is 36.7 Å². The molecule has 0 spiro atoms. The molecule has 0 aliphatic carbocycles. The van der Waals surface area contributed by atoms with Crippen LogP contribution in [-0.2, 0) is 6.54 Å². The standard InChI is InChI=1S/C19H19ClN2O3S2/c1-24-15-6-4-5-13(17(15)25-2)18(23)21-19-22(9-10-26-3)14-8-7-12(20)11-16(14)27-19/h4-8,11H,9-10H2,1-3H3. The number of para-hydroxylation sites is 1. The van der Waals surface area contributed by atoms with Gasteiger partial charge in [0, 0.05) is 17.3 Å². The van der Waals surface area contributed by atoms with Gasteiger partial charge in [-0.25, -0.2) is 0 Å². The van der Waals surface area contributed by atoms with Gasteiger partial charge >= 0.3 is 0 Å². The molecule has 8 heteroatoms. The smallest absolute Gasteiger partial charge is 0.283 e. The Labute approximate surface area is 170 Å². The summed E-state index contributed by atoms with van der Waals surface area (Å²) in [5.41, 5.74) is 1.38. The highest BCUT2D eigenvalue weighted by Crippen LogP contribution is 2.31. The largest absolute Gasteiger partial charge is 0.493 e. The van der Waals surface area contributed by atoms with Crippen LogP contribution >= 0.6 is 34.7 Å². The lowest BCUT2D eigenvalue weighted by atomic mass is 10.2. The number of thiazole rings is 1. The van der Waals surface area contributed by atoms with Crippen LogP contribution in [0.4, 0.5) is 0 Å². The number of carbonyl (C=O) groups excluding carboxylic acids is 1. The van der Waals surface area contributed by atoms with Crippen molar-refractivity contribution in [3.05, 3.63) is 51.8 Å². The Bertz CT molecular complexity index is 1040. The first-order chi connectivity index (χ1) is 13.1. The van der Waals surface area contributed by atoms with Crippen molar-refractivity contribution in [2.45, 2.75) is 6.54 Å². The third-order valence-corrected chi connectivity index (χ3v) is 5.86. The van der Waals surface area contributed by atoms with E-state index in [1.165, 1.54) is 25.6 Å². The van der Waals surface area contributed by atoms with Crippen LogP contribution in [0.2, 0.25) is 5.02 Å². The van der Waals surface area contributed by atoms with Crippen molar-refractivity contribution >= 4 is 50.8 Å². The highest BCUT2D eigenvalue weighted by molar-refractivity contribution is 7.98. The van der Waals surface area contributed by atoms with Crippen LogP contribution in [0.3, 0.4) is 0 Å². The maximum absolute atomic E-state index is 12.9. The summed E-state index contributed by atoms with van der Waals surface area (Å²) in [6.45, 7) is 0.754. The van der Waals surface area contributed by atoms with E-state index in [9.17, 15) is 4.79 Å². The summed E-state index contributed by atoms with van der Waals surface area (Å²) in [4.78, 5) is 17.9. The molecule has 1 aromatic heterocycles. The van der Waals surface area contributed by atoms with Gasteiger partial charge in [0.1, 0.15) is 0 Å². The van der Waals surface area contributed by atoms with Crippen LogP contribution in [0.5, 0.6) is 11.5 Å². The third-order valence-electron chi connectivity index (χ3n) is 3.99. The highest BCUT2D eigenvalue weighted by atomic mass is 35.5. The van der Waals surface area contributed by atoms with Crippen molar-refractivity contribution in [1.29, 1.82) is 0 Å². The lowest BCUT2D eigenvalue weighted by Crippen LogP contribution is -2.18. The van der Waals surface area contributed by atoms with E-state index in [-0.39, 0.29) is 5.91 Å². The first-order valence-corrected chi connectivity index (χ1v) is 10.8. The summed E-state index contributed by atoms with van der Waals surface area (Å²) in [5, 5.41) is 0.660. The molecule has 0 radical (unpaired) electrons. The predicted molar refractivity (Wildman–Crippen MR) is 113 cm³/mol. The van der Waals surface area contributed by atoms with Gasteiger partial charge in [-0.15, -0.1) is 0 Å². The molecule has 0 aliphatic rings. The Kier molecular flexibility index (Phi) is 6.46. The van der Waals surface area contributed by atoms with Gasteiger partial charge in [-0.1, -0.05) is 29.0 Å². The topological polar surface area (TPSA) is 52.8 Å². The number of hydrogen-bond acceptors (Lipinski definition) is 5. The summed E-state index contributed by atoms with van der Waals surface area (Å²) in [6, 6.07) is 10.9. The minimum Gasteiger partial charge on any atom is -0.493 e. The van der Waals surface area contributed by atoms with E-state index in [1.807, 2.05) is 18.2 Å². The Balaban J connectivity index is 2.14. The number of aryl methyl sites for hydroxylation is 1. The molecular weight excluding hydrogens is 404 g/mol. The Morgan fingerprint density at radius 3 is 2.78 bits per heavy atom. The van der Waals surface area contributed by atoms with E-state index in [0.717, 1.165) is 22.5 Å². The van der Waals surface area contributed by atoms with Gasteiger partial charge < -0.3 is 14.0 Å². The molecule has 1 heterocycles. The van der Waals surface area contributed by atoms with Gasteiger partial charge in [-0.05, 0) is 36.6 Å². The number of methoxy groups -OCH3 is 2. The van der Waals surface area contributed by atoms with Crippen LogP contribution < -0.4 is 14.3 Å². The minimum absolute atomic E-state index is 0.365. The predicted octanol–water partition coefficient (Wildman–Crippen LogP) is 4.48. The summed E-state index contributed by atoms with van der Waals surface area (Å²) < 4.78 is 13.7. The molecule has 27 heavy (non-hydrogen) atoms. The number of benzene rings is 2. The molecule has 0 saturated heterocycles. The van der Waals surface area contributed by atoms with Gasteiger partial charge in [-0.3, -0.25) is 4.79 Å². The van der Waals surface area contributed by atoms with E-state index in [1.54, 1.807) is 30.0 Å². The number of thioether (sulfide) groups is 1. The van der Waals surface area contributed by atoms with Crippen molar-refractivity contribution < 1.29 is 14.3 Å². The number of aromatic nitrogens is 1. The number of ether oxygens (including phenoxy) is 2. The number of fused-ring (bicyclic) bond motifs is 1. The fourth-order valence-electron chi connectivity index (χ4n) is 2.73. The van der Waals surface area contributed by atoms with Crippen LogP contribution in [0.25, 0.3) is 10.2 Å². The summed E-state index contributed by atoms with van der Waals surface area (Å²) >= 11 is 9.31. The van der Waals surface area contributed by atoms with E-state index in [2.05, 4.69) is 15.8 Å². The van der Waals surface area contributed by atoms with Crippen molar-refractivity contribution in [2.24, 2.45) is 4.99 Å². The lowest BCUT2D eigenvalue weighted by molar-refractivity contribution is 0.0994. The van der Waals surface area contributed by atoms with Gasteiger partial charge in [0.15, 0.2) is 16.3 Å². The van der Waals surface area contributed by atoms with E-state index in [0.29, 0.717) is 26.9 Å². The fraction of sp³-hybridized carbons (Fsp3) is 0.263. The molecule has 0 atom stereocenters. The molecule has 0 bridgehead atoms. The fourth-order valence-corrected chi connectivity index (χ4v) is 4.43. The average molecular weight is 423 g/mol. The van der Waals surface area contributed by atoms with Gasteiger partial charge in [0.25, 0.3) is 5.91 Å². The van der Waals surface area contributed by atoms with Crippen molar-refractivity contribution in [3.63, 3.8) is 0 Å². The summed E-state index contributed by atoms with van der Waals surface area (Å²) in [6.07, 6.45) is 2.05. The van der Waals surface area contributed by atoms with Crippen molar-refractivity contribution in [2.75, 3.05) is 26.2 Å². The first kappa shape index (κ1) is 19.8. The number of nitrogens with zero attached hydrogens (tertiary/aromatic N) is 2. The average Bonchev–Trinajstić information content (AvgIpc) is 3.01. The molecule has 0 N–H and O–H groups in total. The molecule has 5 nitrogen and oxygen atoms in total. The van der Waals surface area contributed by atoms with Crippen LogP contribution in [0.1, 0.15) is 10.4 Å². The van der Waals surface area contributed by atoms with E-state index >= 15 is 0 Å². The Morgan fingerprint density at radius 2 is 2.07 bits per heavy atom. The normalized spacial score (nSPS) is 11.8. The second-order valence-corrected chi connectivity index (χ2v) is 8.03. The van der Waals surface area contributed by atoms with Gasteiger partial charge in [0.2, 0.25) is 0 Å². The molecule has 1 amide bonds. The zero-order valence-corrected chi connectivity index (χ0v) is 17.6. The number of rotatable bonds is 6. The van der Waals surface area contributed by atoms with Gasteiger partial charge in [-0.2, -0.15) is 16.8 Å². The maximum Gasteiger partial charge on any atom is 0.283 e. The molecule has 3 rings (SSSR count). The molecule has 2 aromatic carbocycles. The zero-order valence-electron chi connectivity index (χ0n) is 15.2. The number of carbonyl (C=O) groups is 1. The molecule has 142 valence electrons. The van der Waals surface area contributed by atoms with Crippen molar-refractivity contribution in [1.82, 2.24) is 4.57 Å². The van der Waals surface area contributed by atoms with Crippen LogP contribution in [0.15, 0.2) is 41.4 Å². The van der Waals surface area contributed by atoms with E-state index < -0.39 is 0 Å². The van der Waals surface area contributed by atoms with E-state index in [4.69, 9.17) is 21.1 Å². The molecule has 0 unspecified atom stereocenters. The quantitative estimate of drug-likeness (QED) is 0.587. The SMILES string of the molecule is COc1cccc(C(=O)N=c2sc3cc(Cl)ccc3n2CCSC)c1OC. The lowest BCUT2D eigenvalue weighted by Gasteiger charge is -2.10. The summed E-state index contributed by atoms with van der Waals surface area (Å²) in [7, 11) is 3.05. The van der Waals surface area contributed by atoms with Gasteiger partial charge in [0.05, 0.1) is 30.0 Å².